The molecule has 198 valence electrons. The van der Waals surface area contributed by atoms with Gasteiger partial charge in [0.25, 0.3) is 5.56 Å². The third-order valence-corrected chi connectivity index (χ3v) is 6.95. The van der Waals surface area contributed by atoms with Crippen LogP contribution in [0.25, 0.3) is 16.6 Å². The number of amides is 1. The molecule has 38 heavy (non-hydrogen) atoms. The lowest BCUT2D eigenvalue weighted by Crippen LogP contribution is -2.38. The van der Waals surface area contributed by atoms with Crippen LogP contribution in [0.4, 0.5) is 0 Å². The van der Waals surface area contributed by atoms with E-state index in [0.717, 1.165) is 31.2 Å². The van der Waals surface area contributed by atoms with Crippen molar-refractivity contribution >= 4 is 16.8 Å². The quantitative estimate of drug-likeness (QED) is 0.195. The lowest BCUT2D eigenvalue weighted by molar-refractivity contribution is -0.135. The van der Waals surface area contributed by atoms with Gasteiger partial charge in [0, 0.05) is 13.0 Å². The van der Waals surface area contributed by atoms with Gasteiger partial charge in [-0.05, 0) is 42.7 Å². The zero-order chi connectivity index (χ0) is 26.9. The molecule has 0 fully saturated rings. The molecule has 4 aromatic rings. The van der Waals surface area contributed by atoms with Crippen molar-refractivity contribution in [3.8, 4) is 11.4 Å². The fraction of sp³-hybridized carbons (Fsp3) is 0.344. The molecule has 1 atom stereocenters. The zero-order valence-corrected chi connectivity index (χ0v) is 22.6. The molecule has 1 amide bonds. The number of carbonyl (C=O) groups excluding carboxylic acids is 1. The molecule has 0 aliphatic carbocycles. The normalized spacial score (nSPS) is 11.9. The van der Waals surface area contributed by atoms with Gasteiger partial charge in [-0.2, -0.15) is 0 Å². The molecule has 0 aliphatic heterocycles. The Morgan fingerprint density at radius 1 is 0.921 bits per heavy atom. The number of fused-ring (bicyclic) bond motifs is 1. The van der Waals surface area contributed by atoms with Gasteiger partial charge in [-0.1, -0.05) is 87.7 Å². The van der Waals surface area contributed by atoms with Gasteiger partial charge in [-0.25, -0.2) is 4.98 Å². The first kappa shape index (κ1) is 27.1. The predicted octanol–water partition coefficient (Wildman–Crippen LogP) is 6.84. The van der Waals surface area contributed by atoms with Gasteiger partial charge in [0.05, 0.1) is 29.7 Å². The molecule has 1 unspecified atom stereocenters. The summed E-state index contributed by atoms with van der Waals surface area (Å²) in [6, 6.07) is 24.4. The lowest BCUT2D eigenvalue weighted by atomic mass is 10.1. The Bertz CT molecular complexity index is 1410. The van der Waals surface area contributed by atoms with Crippen LogP contribution in [-0.4, -0.2) is 27.5 Å². The van der Waals surface area contributed by atoms with Gasteiger partial charge in [-0.3, -0.25) is 14.2 Å². The topological polar surface area (TPSA) is 64.4 Å². The van der Waals surface area contributed by atoms with E-state index in [1.807, 2.05) is 84.6 Å². The minimum absolute atomic E-state index is 0.0748. The van der Waals surface area contributed by atoms with E-state index in [4.69, 9.17) is 9.72 Å². The molecule has 0 saturated carbocycles. The Balaban J connectivity index is 1.89. The summed E-state index contributed by atoms with van der Waals surface area (Å²) in [5, 5.41) is 0.525. The van der Waals surface area contributed by atoms with Crippen molar-refractivity contribution in [3.05, 3.63) is 101 Å². The van der Waals surface area contributed by atoms with E-state index in [-0.39, 0.29) is 11.5 Å². The molecular weight excluding hydrogens is 474 g/mol. The Kier molecular flexibility index (Phi) is 9.30. The Morgan fingerprint density at radius 2 is 1.63 bits per heavy atom. The molecule has 6 heteroatoms. The Labute approximate surface area is 224 Å². The molecule has 0 bridgehead atoms. The molecule has 0 spiro atoms. The van der Waals surface area contributed by atoms with Crippen LogP contribution in [0, 0.1) is 0 Å². The molecular formula is C32H37N3O3. The summed E-state index contributed by atoms with van der Waals surface area (Å²) in [4.78, 5) is 34.7. The first-order valence-electron chi connectivity index (χ1n) is 13.6. The fourth-order valence-electron chi connectivity index (χ4n) is 4.96. The van der Waals surface area contributed by atoms with Crippen LogP contribution in [0.2, 0.25) is 0 Å². The summed E-state index contributed by atoms with van der Waals surface area (Å²) >= 11 is 0. The van der Waals surface area contributed by atoms with Crippen molar-refractivity contribution in [2.24, 2.45) is 0 Å². The number of rotatable bonds is 12. The first-order chi connectivity index (χ1) is 18.6. The largest absolute Gasteiger partial charge is 0.495 e. The highest BCUT2D eigenvalue weighted by Crippen LogP contribution is 2.31. The summed E-state index contributed by atoms with van der Waals surface area (Å²) in [6.45, 7) is 4.65. The van der Waals surface area contributed by atoms with E-state index in [9.17, 15) is 9.59 Å². The minimum atomic E-state index is -0.406. The van der Waals surface area contributed by atoms with Gasteiger partial charge in [0.2, 0.25) is 5.91 Å². The molecule has 4 rings (SSSR count). The van der Waals surface area contributed by atoms with Gasteiger partial charge in [0.15, 0.2) is 0 Å². The maximum absolute atomic E-state index is 14.0. The summed E-state index contributed by atoms with van der Waals surface area (Å²) in [5.74, 6) is 1.19. The summed E-state index contributed by atoms with van der Waals surface area (Å²) in [7, 11) is 1.59. The van der Waals surface area contributed by atoms with Crippen LogP contribution >= 0.6 is 0 Å². The molecule has 0 aliphatic rings. The summed E-state index contributed by atoms with van der Waals surface area (Å²) in [5.41, 5.74) is 2.09. The Hall–Kier alpha value is -3.93. The van der Waals surface area contributed by atoms with Gasteiger partial charge < -0.3 is 9.64 Å². The highest BCUT2D eigenvalue weighted by atomic mass is 16.5. The first-order valence-corrected chi connectivity index (χ1v) is 13.6. The van der Waals surface area contributed by atoms with Crippen LogP contribution in [0.1, 0.15) is 69.8 Å². The SMILES string of the molecule is CCCCCCC(=O)N(Cc1ccccc1)C(CC)c1nc2ccccc2c(=O)n1-c1ccccc1OC. The lowest BCUT2D eigenvalue weighted by Gasteiger charge is -2.33. The van der Waals surface area contributed by atoms with E-state index in [0.29, 0.717) is 47.6 Å². The number of hydrogen-bond acceptors (Lipinski definition) is 4. The minimum Gasteiger partial charge on any atom is -0.495 e. The molecule has 0 N–H and O–H groups in total. The number of para-hydroxylation sites is 3. The van der Waals surface area contributed by atoms with Crippen molar-refractivity contribution in [1.29, 1.82) is 0 Å². The standard InChI is InChI=1S/C32H37N3O3/c1-4-6-7-11-22-30(36)34(23-24-16-9-8-10-17-24)27(5-2)31-33-26-19-13-12-18-25(26)32(37)35(31)28-20-14-15-21-29(28)38-3/h8-10,12-21,27H,4-7,11,22-23H2,1-3H3. The van der Waals surface area contributed by atoms with Gasteiger partial charge in [-0.15, -0.1) is 0 Å². The van der Waals surface area contributed by atoms with Crippen LogP contribution in [-0.2, 0) is 11.3 Å². The van der Waals surface area contributed by atoms with Crippen molar-refractivity contribution in [2.45, 2.75) is 65.0 Å². The summed E-state index contributed by atoms with van der Waals surface area (Å²) in [6.07, 6.45) is 5.18. The number of unbranched alkanes of at least 4 members (excludes halogenated alkanes) is 3. The molecule has 0 saturated heterocycles. The molecule has 6 nitrogen and oxygen atoms in total. The Morgan fingerprint density at radius 3 is 2.37 bits per heavy atom. The second-order valence-electron chi connectivity index (χ2n) is 9.54. The average molecular weight is 512 g/mol. The van der Waals surface area contributed by atoms with Crippen LogP contribution in [0.3, 0.4) is 0 Å². The third-order valence-electron chi connectivity index (χ3n) is 6.95. The van der Waals surface area contributed by atoms with Gasteiger partial charge >= 0.3 is 0 Å². The highest BCUT2D eigenvalue weighted by Gasteiger charge is 2.29. The van der Waals surface area contributed by atoms with E-state index in [2.05, 4.69) is 6.92 Å². The zero-order valence-electron chi connectivity index (χ0n) is 22.6. The van der Waals surface area contributed by atoms with E-state index in [1.54, 1.807) is 17.7 Å². The number of aromatic nitrogens is 2. The second-order valence-corrected chi connectivity index (χ2v) is 9.54. The third kappa shape index (κ3) is 5.96. The molecule has 3 aromatic carbocycles. The number of ether oxygens (including phenoxy) is 1. The molecule has 0 radical (unpaired) electrons. The second kappa shape index (κ2) is 13.0. The highest BCUT2D eigenvalue weighted by molar-refractivity contribution is 5.79. The van der Waals surface area contributed by atoms with E-state index in [1.165, 1.54) is 0 Å². The number of hydrogen-bond donors (Lipinski definition) is 0. The van der Waals surface area contributed by atoms with Crippen LogP contribution in [0.5, 0.6) is 5.75 Å². The van der Waals surface area contributed by atoms with E-state index >= 15 is 0 Å². The summed E-state index contributed by atoms with van der Waals surface area (Å²) < 4.78 is 7.28. The van der Waals surface area contributed by atoms with Crippen molar-refractivity contribution in [1.82, 2.24) is 14.5 Å². The number of carbonyl (C=O) groups is 1. The smallest absolute Gasteiger partial charge is 0.266 e. The van der Waals surface area contributed by atoms with Gasteiger partial charge in [0.1, 0.15) is 11.6 Å². The van der Waals surface area contributed by atoms with Crippen molar-refractivity contribution < 1.29 is 9.53 Å². The molecule has 1 heterocycles. The van der Waals surface area contributed by atoms with E-state index < -0.39 is 6.04 Å². The maximum Gasteiger partial charge on any atom is 0.266 e. The average Bonchev–Trinajstić information content (AvgIpc) is 2.96. The van der Waals surface area contributed by atoms with Crippen LogP contribution < -0.4 is 10.3 Å². The van der Waals surface area contributed by atoms with Crippen molar-refractivity contribution in [2.75, 3.05) is 7.11 Å². The number of benzene rings is 3. The number of methoxy groups -OCH3 is 1. The monoisotopic (exact) mass is 511 g/mol. The van der Waals surface area contributed by atoms with Crippen LogP contribution in [0.15, 0.2) is 83.7 Å². The predicted molar refractivity (Wildman–Crippen MR) is 153 cm³/mol. The number of nitrogens with zero attached hydrogens (tertiary/aromatic N) is 3. The van der Waals surface area contributed by atoms with Crippen molar-refractivity contribution in [3.63, 3.8) is 0 Å². The fourth-order valence-corrected chi connectivity index (χ4v) is 4.96. The molecule has 1 aromatic heterocycles. The maximum atomic E-state index is 14.0.